The Balaban J connectivity index is 1.70. The Morgan fingerprint density at radius 3 is 2.65 bits per heavy atom. The molecule has 1 atom stereocenters. The lowest BCUT2D eigenvalue weighted by molar-refractivity contribution is -0.148. The van der Waals surface area contributed by atoms with E-state index >= 15 is 0 Å². The van der Waals surface area contributed by atoms with Gasteiger partial charge in [0.25, 0.3) is 0 Å². The molecule has 1 aliphatic heterocycles. The van der Waals surface area contributed by atoms with Crippen LogP contribution in [0.2, 0.25) is 0 Å². The molecule has 1 heterocycles. The molecule has 1 aromatic rings. The van der Waals surface area contributed by atoms with E-state index in [1.807, 2.05) is 0 Å². The Kier molecular flexibility index (Phi) is 3.48. The molecule has 4 nitrogen and oxygen atoms in total. The van der Waals surface area contributed by atoms with Crippen LogP contribution < -0.4 is 5.73 Å². The number of hydrogen-bond acceptors (Lipinski definition) is 3. The van der Waals surface area contributed by atoms with Crippen molar-refractivity contribution in [2.45, 2.75) is 30.9 Å². The van der Waals surface area contributed by atoms with Crippen molar-refractivity contribution >= 4 is 5.91 Å². The summed E-state index contributed by atoms with van der Waals surface area (Å²) in [5, 5.41) is 0. The highest BCUT2D eigenvalue weighted by Crippen LogP contribution is 2.32. The minimum Gasteiger partial charge on any atom is -0.370 e. The third-order valence-corrected chi connectivity index (χ3v) is 4.27. The second-order valence-electron chi connectivity index (χ2n) is 5.67. The second-order valence-corrected chi connectivity index (χ2v) is 5.67. The highest BCUT2D eigenvalue weighted by molar-refractivity contribution is 5.87. The topological polar surface area (TPSA) is 55.6 Å². The summed E-state index contributed by atoms with van der Waals surface area (Å²) in [7, 11) is 0. The minimum absolute atomic E-state index is 0.0270. The van der Waals surface area contributed by atoms with E-state index in [4.69, 9.17) is 10.5 Å². The summed E-state index contributed by atoms with van der Waals surface area (Å²) in [6.07, 6.45) is 2.36. The molecule has 108 valence electrons. The van der Waals surface area contributed by atoms with Crippen LogP contribution in [0.4, 0.5) is 4.39 Å². The van der Waals surface area contributed by atoms with Gasteiger partial charge < -0.3 is 15.4 Å². The molecule has 1 aromatic carbocycles. The van der Waals surface area contributed by atoms with Crippen LogP contribution in [0.25, 0.3) is 0 Å². The number of nitrogens with two attached hydrogens (primary N) is 1. The first-order valence-corrected chi connectivity index (χ1v) is 7.04. The van der Waals surface area contributed by atoms with E-state index in [0.717, 1.165) is 24.8 Å². The van der Waals surface area contributed by atoms with Gasteiger partial charge in [-0.05, 0) is 37.0 Å². The van der Waals surface area contributed by atoms with Crippen molar-refractivity contribution in [2.24, 2.45) is 5.73 Å². The molecule has 2 fully saturated rings. The van der Waals surface area contributed by atoms with Crippen molar-refractivity contribution in [3.8, 4) is 0 Å². The molecule has 0 bridgehead atoms. The zero-order valence-corrected chi connectivity index (χ0v) is 11.3. The highest BCUT2D eigenvalue weighted by atomic mass is 19.1. The summed E-state index contributed by atoms with van der Waals surface area (Å²) in [6.45, 7) is 1.56. The molecule has 0 radical (unpaired) electrons. The Labute approximate surface area is 117 Å². The zero-order chi connectivity index (χ0) is 14.2. The highest BCUT2D eigenvalue weighted by Gasteiger charge is 2.43. The Bertz CT molecular complexity index is 499. The molecule has 1 unspecified atom stereocenters. The fraction of sp³-hybridized carbons (Fsp3) is 0.533. The maximum Gasteiger partial charge on any atom is 0.242 e. The van der Waals surface area contributed by atoms with Crippen molar-refractivity contribution in [2.75, 3.05) is 19.7 Å². The number of rotatable bonds is 2. The van der Waals surface area contributed by atoms with Gasteiger partial charge in [0.1, 0.15) is 11.9 Å². The lowest BCUT2D eigenvalue weighted by Crippen LogP contribution is -2.61. The maximum atomic E-state index is 12.9. The lowest BCUT2D eigenvalue weighted by Gasteiger charge is -2.43. The molecule has 2 N–H and O–H groups in total. The fourth-order valence-electron chi connectivity index (χ4n) is 2.80. The molecular formula is C15H19FN2O2. The third-order valence-electron chi connectivity index (χ3n) is 4.27. The van der Waals surface area contributed by atoms with Crippen LogP contribution in [0.15, 0.2) is 24.3 Å². The Morgan fingerprint density at radius 1 is 1.35 bits per heavy atom. The van der Waals surface area contributed by atoms with Gasteiger partial charge in [0, 0.05) is 6.54 Å². The first-order chi connectivity index (χ1) is 9.58. The molecule has 5 heteroatoms. The molecule has 1 saturated heterocycles. The molecule has 0 aromatic heterocycles. The van der Waals surface area contributed by atoms with Gasteiger partial charge in [-0.25, -0.2) is 4.39 Å². The van der Waals surface area contributed by atoms with Crippen molar-refractivity contribution < 1.29 is 13.9 Å². The summed E-state index contributed by atoms with van der Waals surface area (Å²) in [4.78, 5) is 14.2. The molecule has 0 spiro atoms. The molecule has 1 aliphatic carbocycles. The van der Waals surface area contributed by atoms with Gasteiger partial charge >= 0.3 is 0 Å². The fourth-order valence-corrected chi connectivity index (χ4v) is 2.80. The Hall–Kier alpha value is -1.46. The number of amides is 1. The van der Waals surface area contributed by atoms with Gasteiger partial charge in [-0.3, -0.25) is 4.79 Å². The summed E-state index contributed by atoms with van der Waals surface area (Å²) < 4.78 is 18.6. The first-order valence-electron chi connectivity index (χ1n) is 7.04. The van der Waals surface area contributed by atoms with Crippen LogP contribution in [0, 0.1) is 5.82 Å². The number of halogens is 1. The maximum absolute atomic E-state index is 12.9. The minimum atomic E-state index is -0.662. The monoisotopic (exact) mass is 278 g/mol. The largest absolute Gasteiger partial charge is 0.370 e. The molecule has 2 aliphatic rings. The van der Waals surface area contributed by atoms with Gasteiger partial charge in [0.2, 0.25) is 5.91 Å². The standard InChI is InChI=1S/C15H19FN2O2/c16-12-4-2-11(3-5-12)13-10-18(8-9-20-13)14(19)15(17)6-1-7-15/h2-5,13H,1,6-10,17H2. The molecule has 1 saturated carbocycles. The molecular weight excluding hydrogens is 259 g/mol. The second kappa shape index (κ2) is 5.14. The molecule has 1 amide bonds. The van der Waals surface area contributed by atoms with E-state index in [9.17, 15) is 9.18 Å². The van der Waals surface area contributed by atoms with Gasteiger partial charge in [0.05, 0.1) is 18.7 Å². The quantitative estimate of drug-likeness (QED) is 0.894. The molecule has 20 heavy (non-hydrogen) atoms. The number of nitrogens with zero attached hydrogens (tertiary/aromatic N) is 1. The Morgan fingerprint density at radius 2 is 2.05 bits per heavy atom. The summed E-state index contributed by atoms with van der Waals surface area (Å²) in [5.41, 5.74) is 6.33. The van der Waals surface area contributed by atoms with Gasteiger partial charge in [0.15, 0.2) is 0 Å². The van der Waals surface area contributed by atoms with E-state index in [2.05, 4.69) is 0 Å². The van der Waals surface area contributed by atoms with E-state index in [0.29, 0.717) is 19.7 Å². The average molecular weight is 278 g/mol. The van der Waals surface area contributed by atoms with Crippen LogP contribution in [0.3, 0.4) is 0 Å². The summed E-state index contributed by atoms with van der Waals surface area (Å²) in [5.74, 6) is -0.243. The van der Waals surface area contributed by atoms with Crippen molar-refractivity contribution in [1.82, 2.24) is 4.90 Å². The van der Waals surface area contributed by atoms with Crippen LogP contribution in [-0.2, 0) is 9.53 Å². The average Bonchev–Trinajstić information content (AvgIpc) is 2.45. The number of benzene rings is 1. The van der Waals surface area contributed by atoms with Crippen LogP contribution in [0.5, 0.6) is 0 Å². The smallest absolute Gasteiger partial charge is 0.242 e. The van der Waals surface area contributed by atoms with Gasteiger partial charge in [-0.1, -0.05) is 12.1 Å². The summed E-state index contributed by atoms with van der Waals surface area (Å²) >= 11 is 0. The number of carbonyl (C=O) groups is 1. The predicted molar refractivity (Wildman–Crippen MR) is 72.4 cm³/mol. The summed E-state index contributed by atoms with van der Waals surface area (Å²) in [6, 6.07) is 6.23. The van der Waals surface area contributed by atoms with E-state index in [-0.39, 0.29) is 17.8 Å². The van der Waals surface area contributed by atoms with E-state index in [1.165, 1.54) is 12.1 Å². The third kappa shape index (κ3) is 2.43. The van der Waals surface area contributed by atoms with Crippen molar-refractivity contribution in [3.63, 3.8) is 0 Å². The van der Waals surface area contributed by atoms with Crippen LogP contribution in [-0.4, -0.2) is 36.0 Å². The van der Waals surface area contributed by atoms with Crippen LogP contribution in [0.1, 0.15) is 30.9 Å². The van der Waals surface area contributed by atoms with E-state index < -0.39 is 5.54 Å². The SMILES string of the molecule is NC1(C(=O)N2CCOC(c3ccc(F)cc3)C2)CCC1. The number of hydrogen-bond donors (Lipinski definition) is 1. The first kappa shape index (κ1) is 13.5. The van der Waals surface area contributed by atoms with Crippen LogP contribution >= 0.6 is 0 Å². The van der Waals surface area contributed by atoms with Gasteiger partial charge in [-0.2, -0.15) is 0 Å². The number of morpholine rings is 1. The van der Waals surface area contributed by atoms with Crippen molar-refractivity contribution in [1.29, 1.82) is 0 Å². The predicted octanol–water partition coefficient (Wildman–Crippen LogP) is 1.61. The number of carbonyl (C=O) groups excluding carboxylic acids is 1. The normalized spacial score (nSPS) is 25.1. The van der Waals surface area contributed by atoms with Gasteiger partial charge in [-0.15, -0.1) is 0 Å². The molecule has 3 rings (SSSR count). The van der Waals surface area contributed by atoms with E-state index in [1.54, 1.807) is 17.0 Å². The lowest BCUT2D eigenvalue weighted by atomic mass is 9.76. The van der Waals surface area contributed by atoms with Crippen molar-refractivity contribution in [3.05, 3.63) is 35.6 Å². The zero-order valence-electron chi connectivity index (χ0n) is 11.3. The number of ether oxygens (including phenoxy) is 1.